The maximum Gasteiger partial charge on any atom is 0.335 e. The van der Waals surface area contributed by atoms with E-state index in [1.807, 2.05) is 36.4 Å². The molecule has 0 saturated heterocycles. The van der Waals surface area contributed by atoms with Crippen molar-refractivity contribution in [3.63, 3.8) is 0 Å². The number of carbonyl (C=O) groups is 1. The van der Waals surface area contributed by atoms with Gasteiger partial charge in [0.15, 0.2) is 0 Å². The molecular weight excluding hydrogens is 294 g/mol. The van der Waals surface area contributed by atoms with Gasteiger partial charge in [-0.1, -0.05) is 28.1 Å². The first kappa shape index (κ1) is 12.6. The van der Waals surface area contributed by atoms with Crippen LogP contribution in [0, 0.1) is 0 Å². The van der Waals surface area contributed by atoms with E-state index in [-0.39, 0.29) is 0 Å². The van der Waals surface area contributed by atoms with Crippen LogP contribution in [0.1, 0.15) is 15.9 Å². The lowest BCUT2D eigenvalue weighted by molar-refractivity contribution is 0.0697. The van der Waals surface area contributed by atoms with E-state index in [9.17, 15) is 4.79 Å². The van der Waals surface area contributed by atoms with Crippen LogP contribution in [0.3, 0.4) is 0 Å². The van der Waals surface area contributed by atoms with Crippen molar-refractivity contribution in [3.8, 4) is 0 Å². The maximum absolute atomic E-state index is 10.7. The normalized spacial score (nSPS) is 10.1. The van der Waals surface area contributed by atoms with Gasteiger partial charge in [-0.25, -0.2) is 4.79 Å². The third-order valence-electron chi connectivity index (χ3n) is 2.54. The summed E-state index contributed by atoms with van der Waals surface area (Å²) in [5.41, 5.74) is 2.38. The Hall–Kier alpha value is -1.81. The van der Waals surface area contributed by atoms with E-state index < -0.39 is 5.97 Å². The number of hydrogen-bond donors (Lipinski definition) is 2. The largest absolute Gasteiger partial charge is 0.478 e. The smallest absolute Gasteiger partial charge is 0.335 e. The second kappa shape index (κ2) is 5.69. The Bertz CT molecular complexity index is 535. The molecule has 0 radical (unpaired) electrons. The fourth-order valence-electron chi connectivity index (χ4n) is 1.54. The van der Waals surface area contributed by atoms with Crippen molar-refractivity contribution in [1.82, 2.24) is 0 Å². The Labute approximate surface area is 114 Å². The molecule has 0 fully saturated rings. The highest BCUT2D eigenvalue weighted by atomic mass is 79.9. The van der Waals surface area contributed by atoms with Crippen molar-refractivity contribution in [3.05, 3.63) is 64.1 Å². The molecule has 0 aliphatic heterocycles. The minimum atomic E-state index is -0.901. The molecule has 0 saturated carbocycles. The molecule has 2 rings (SSSR count). The van der Waals surface area contributed by atoms with Crippen LogP contribution in [0.5, 0.6) is 0 Å². The van der Waals surface area contributed by atoms with Gasteiger partial charge in [0.05, 0.1) is 5.56 Å². The first-order chi connectivity index (χ1) is 8.65. The molecule has 0 bridgehead atoms. The monoisotopic (exact) mass is 305 g/mol. The van der Waals surface area contributed by atoms with Crippen LogP contribution < -0.4 is 5.32 Å². The summed E-state index contributed by atoms with van der Waals surface area (Å²) < 4.78 is 1.04. The van der Waals surface area contributed by atoms with E-state index in [1.165, 1.54) is 0 Å². The van der Waals surface area contributed by atoms with Gasteiger partial charge in [0.25, 0.3) is 0 Å². The lowest BCUT2D eigenvalue weighted by Gasteiger charge is -2.06. The highest BCUT2D eigenvalue weighted by Crippen LogP contribution is 2.15. The van der Waals surface area contributed by atoms with Crippen LogP contribution in [0.2, 0.25) is 0 Å². The van der Waals surface area contributed by atoms with Crippen LogP contribution in [0.25, 0.3) is 0 Å². The molecule has 18 heavy (non-hydrogen) atoms. The minimum absolute atomic E-state index is 0.308. The zero-order valence-corrected chi connectivity index (χ0v) is 11.1. The molecule has 4 heteroatoms. The van der Waals surface area contributed by atoms with E-state index in [1.54, 1.807) is 12.1 Å². The first-order valence-electron chi connectivity index (χ1n) is 5.47. The number of rotatable bonds is 4. The fraction of sp³-hybridized carbons (Fsp3) is 0.0714. The standard InChI is InChI=1S/C14H12BrNO2/c15-12-5-7-13(8-6-12)16-9-10-1-3-11(4-2-10)14(17)18/h1-8,16H,9H2,(H,17,18). The maximum atomic E-state index is 10.7. The molecule has 2 N–H and O–H groups in total. The Morgan fingerprint density at radius 3 is 2.22 bits per heavy atom. The molecular formula is C14H12BrNO2. The van der Waals surface area contributed by atoms with Gasteiger partial charge in [-0.15, -0.1) is 0 Å². The number of hydrogen-bond acceptors (Lipinski definition) is 2. The minimum Gasteiger partial charge on any atom is -0.478 e. The molecule has 92 valence electrons. The van der Waals surface area contributed by atoms with Gasteiger partial charge in [0, 0.05) is 16.7 Å². The second-order valence-electron chi connectivity index (χ2n) is 3.86. The molecule has 0 aromatic heterocycles. The zero-order chi connectivity index (χ0) is 13.0. The number of anilines is 1. The Morgan fingerprint density at radius 1 is 1.06 bits per heavy atom. The molecule has 0 aliphatic carbocycles. The Kier molecular flexibility index (Phi) is 3.99. The number of carboxylic acid groups (broad SMARTS) is 1. The Balaban J connectivity index is 1.97. The van der Waals surface area contributed by atoms with Crippen LogP contribution in [0.4, 0.5) is 5.69 Å². The van der Waals surface area contributed by atoms with Crippen molar-refractivity contribution in [2.24, 2.45) is 0 Å². The lowest BCUT2D eigenvalue weighted by Crippen LogP contribution is -2.00. The predicted molar refractivity (Wildman–Crippen MR) is 74.9 cm³/mol. The average Bonchev–Trinajstić information content (AvgIpc) is 2.38. The predicted octanol–water partition coefficient (Wildman–Crippen LogP) is 3.76. The highest BCUT2D eigenvalue weighted by Gasteiger charge is 2.01. The van der Waals surface area contributed by atoms with Gasteiger partial charge in [-0.05, 0) is 42.0 Å². The van der Waals surface area contributed by atoms with Crippen LogP contribution in [-0.4, -0.2) is 11.1 Å². The third-order valence-corrected chi connectivity index (χ3v) is 3.07. The summed E-state index contributed by atoms with van der Waals surface area (Å²) in [5.74, 6) is -0.901. The van der Waals surface area contributed by atoms with E-state index in [0.717, 1.165) is 15.7 Å². The molecule has 0 amide bonds. The van der Waals surface area contributed by atoms with Gasteiger partial charge >= 0.3 is 5.97 Å². The van der Waals surface area contributed by atoms with Gasteiger partial charge in [-0.2, -0.15) is 0 Å². The van der Waals surface area contributed by atoms with Crippen LogP contribution in [-0.2, 0) is 6.54 Å². The number of carboxylic acids is 1. The summed E-state index contributed by atoms with van der Waals surface area (Å²) in [4.78, 5) is 10.7. The van der Waals surface area contributed by atoms with Crippen LogP contribution in [0.15, 0.2) is 53.0 Å². The number of aromatic carboxylic acids is 1. The SMILES string of the molecule is O=C(O)c1ccc(CNc2ccc(Br)cc2)cc1. The van der Waals surface area contributed by atoms with Gasteiger partial charge < -0.3 is 10.4 Å². The van der Waals surface area contributed by atoms with Gasteiger partial charge in [0.2, 0.25) is 0 Å². The molecule has 0 atom stereocenters. The van der Waals surface area contributed by atoms with Crippen LogP contribution >= 0.6 is 15.9 Å². The molecule has 0 aliphatic rings. The number of nitrogens with one attached hydrogen (secondary N) is 1. The van der Waals surface area contributed by atoms with E-state index in [4.69, 9.17) is 5.11 Å². The Morgan fingerprint density at radius 2 is 1.67 bits per heavy atom. The zero-order valence-electron chi connectivity index (χ0n) is 9.56. The summed E-state index contributed by atoms with van der Waals surface area (Å²) in [6.07, 6.45) is 0. The first-order valence-corrected chi connectivity index (χ1v) is 6.26. The number of halogens is 1. The molecule has 2 aromatic rings. The molecule has 3 nitrogen and oxygen atoms in total. The summed E-state index contributed by atoms with van der Waals surface area (Å²) in [6.45, 7) is 0.668. The van der Waals surface area contributed by atoms with E-state index in [2.05, 4.69) is 21.2 Å². The third kappa shape index (κ3) is 3.34. The molecule has 0 heterocycles. The highest BCUT2D eigenvalue weighted by molar-refractivity contribution is 9.10. The van der Waals surface area contributed by atoms with Crippen molar-refractivity contribution in [2.45, 2.75) is 6.54 Å². The molecule has 0 unspecified atom stereocenters. The van der Waals surface area contributed by atoms with Gasteiger partial charge in [-0.3, -0.25) is 0 Å². The van der Waals surface area contributed by atoms with Crippen molar-refractivity contribution < 1.29 is 9.90 Å². The summed E-state index contributed by atoms with van der Waals surface area (Å²) in [6, 6.07) is 14.8. The lowest BCUT2D eigenvalue weighted by atomic mass is 10.1. The van der Waals surface area contributed by atoms with Gasteiger partial charge in [0.1, 0.15) is 0 Å². The average molecular weight is 306 g/mol. The quantitative estimate of drug-likeness (QED) is 0.904. The summed E-state index contributed by atoms with van der Waals surface area (Å²) in [7, 11) is 0. The molecule has 2 aromatic carbocycles. The second-order valence-corrected chi connectivity index (χ2v) is 4.78. The number of benzene rings is 2. The summed E-state index contributed by atoms with van der Waals surface area (Å²) in [5, 5.41) is 12.1. The van der Waals surface area contributed by atoms with Crippen molar-refractivity contribution in [1.29, 1.82) is 0 Å². The van der Waals surface area contributed by atoms with E-state index >= 15 is 0 Å². The topological polar surface area (TPSA) is 49.3 Å². The van der Waals surface area contributed by atoms with Crippen molar-refractivity contribution >= 4 is 27.6 Å². The van der Waals surface area contributed by atoms with E-state index in [0.29, 0.717) is 12.1 Å². The fourth-order valence-corrected chi connectivity index (χ4v) is 1.80. The van der Waals surface area contributed by atoms with Crippen molar-refractivity contribution in [2.75, 3.05) is 5.32 Å². The molecule has 0 spiro atoms. The summed E-state index contributed by atoms with van der Waals surface area (Å²) >= 11 is 3.38.